The van der Waals surface area contributed by atoms with Gasteiger partial charge in [-0.1, -0.05) is 25.7 Å². The summed E-state index contributed by atoms with van der Waals surface area (Å²) >= 11 is 0. The lowest BCUT2D eigenvalue weighted by Crippen LogP contribution is -2.42. The van der Waals surface area contributed by atoms with Crippen LogP contribution in [0.2, 0.25) is 0 Å². The summed E-state index contributed by atoms with van der Waals surface area (Å²) in [5, 5.41) is 9.62. The first-order chi connectivity index (χ1) is 8.96. The monoisotopic (exact) mass is 271 g/mol. The van der Waals surface area contributed by atoms with Crippen LogP contribution < -0.4 is 0 Å². The summed E-state index contributed by atoms with van der Waals surface area (Å²) in [6.45, 7) is 6.15. The molecule has 1 saturated carbocycles. The number of hydrogen-bond donors (Lipinski definition) is 1. The van der Waals surface area contributed by atoms with Crippen LogP contribution in [0.15, 0.2) is 0 Å². The topological polar surface area (TPSA) is 49.8 Å². The van der Waals surface area contributed by atoms with Crippen LogP contribution in [-0.2, 0) is 9.53 Å². The maximum Gasteiger partial charge on any atom is 0.310 e. The van der Waals surface area contributed by atoms with E-state index in [4.69, 9.17) is 4.74 Å². The van der Waals surface area contributed by atoms with Gasteiger partial charge in [0.1, 0.15) is 0 Å². The number of aliphatic carboxylic acids is 1. The van der Waals surface area contributed by atoms with E-state index in [2.05, 4.69) is 4.90 Å². The molecule has 0 bridgehead atoms. The molecular formula is C15H29NO3. The lowest BCUT2D eigenvalue weighted by Gasteiger charge is -2.32. The van der Waals surface area contributed by atoms with Gasteiger partial charge in [0.25, 0.3) is 0 Å². The molecule has 19 heavy (non-hydrogen) atoms. The summed E-state index contributed by atoms with van der Waals surface area (Å²) in [7, 11) is 2.00. The molecule has 0 radical (unpaired) electrons. The summed E-state index contributed by atoms with van der Waals surface area (Å²) in [6.07, 6.45) is 6.31. The normalized spacial score (nSPS) is 19.6. The Hall–Kier alpha value is -0.610. The van der Waals surface area contributed by atoms with Gasteiger partial charge in [-0.25, -0.2) is 0 Å². The van der Waals surface area contributed by atoms with Crippen LogP contribution in [-0.4, -0.2) is 48.8 Å². The molecule has 0 saturated heterocycles. The summed E-state index contributed by atoms with van der Waals surface area (Å²) in [4.78, 5) is 13.8. The van der Waals surface area contributed by atoms with Crippen LogP contribution in [0.5, 0.6) is 0 Å². The molecule has 0 amide bonds. The molecule has 0 unspecified atom stereocenters. The minimum Gasteiger partial charge on any atom is -0.481 e. The third-order valence-electron chi connectivity index (χ3n) is 4.01. The highest BCUT2D eigenvalue weighted by atomic mass is 16.5. The van der Waals surface area contributed by atoms with E-state index < -0.39 is 11.4 Å². The molecule has 4 heteroatoms. The quantitative estimate of drug-likeness (QED) is 0.723. The Morgan fingerprint density at radius 1 is 1.26 bits per heavy atom. The Kier molecular flexibility index (Phi) is 6.80. The van der Waals surface area contributed by atoms with Crippen LogP contribution in [0.1, 0.15) is 52.4 Å². The second-order valence-electron chi connectivity index (χ2n) is 6.16. The number of likely N-dealkylation sites (N-methyl/N-ethyl adjacent to an activating group) is 1. The highest BCUT2D eigenvalue weighted by molar-refractivity contribution is 5.75. The fraction of sp³-hybridized carbons (Fsp3) is 0.933. The van der Waals surface area contributed by atoms with E-state index in [-0.39, 0.29) is 6.10 Å². The first kappa shape index (κ1) is 16.4. The summed E-state index contributed by atoms with van der Waals surface area (Å²) in [5.41, 5.74) is -0.539. The number of ether oxygens (including phenoxy) is 1. The molecule has 0 aliphatic heterocycles. The van der Waals surface area contributed by atoms with Gasteiger partial charge in [0.2, 0.25) is 0 Å². The van der Waals surface area contributed by atoms with Crippen molar-refractivity contribution in [1.82, 2.24) is 4.90 Å². The van der Waals surface area contributed by atoms with E-state index in [1.807, 2.05) is 20.9 Å². The third-order valence-corrected chi connectivity index (χ3v) is 4.01. The molecule has 0 spiro atoms. The van der Waals surface area contributed by atoms with Crippen LogP contribution in [0.25, 0.3) is 0 Å². The largest absolute Gasteiger partial charge is 0.481 e. The number of carboxylic acid groups (broad SMARTS) is 1. The van der Waals surface area contributed by atoms with E-state index in [0.717, 1.165) is 32.2 Å². The summed E-state index contributed by atoms with van der Waals surface area (Å²) < 4.78 is 5.53. The zero-order chi connectivity index (χ0) is 14.3. The minimum absolute atomic E-state index is 0.236. The molecule has 0 aromatic heterocycles. The van der Waals surface area contributed by atoms with Gasteiger partial charge >= 0.3 is 5.97 Å². The second-order valence-corrected chi connectivity index (χ2v) is 6.16. The molecule has 4 nitrogen and oxygen atoms in total. The highest BCUT2D eigenvalue weighted by Gasteiger charge is 2.39. The van der Waals surface area contributed by atoms with Crippen molar-refractivity contribution in [1.29, 1.82) is 0 Å². The molecule has 1 aliphatic rings. The summed E-state index contributed by atoms with van der Waals surface area (Å²) in [5.74, 6) is -0.619. The Labute approximate surface area is 117 Å². The Morgan fingerprint density at radius 2 is 1.84 bits per heavy atom. The molecule has 0 atom stereocenters. The van der Waals surface area contributed by atoms with Gasteiger partial charge in [-0.05, 0) is 33.7 Å². The molecule has 1 aliphatic carbocycles. The second kappa shape index (κ2) is 7.85. The standard InChI is InChI=1S/C15H29NO3/c1-13(2)19-11-10-16(3)12-15(14(17)18)8-6-4-5-7-9-15/h13H,4-12H2,1-3H3,(H,17,18). The molecule has 0 aromatic carbocycles. The first-order valence-electron chi connectivity index (χ1n) is 7.50. The molecular weight excluding hydrogens is 242 g/mol. The van der Waals surface area contributed by atoms with E-state index in [1.54, 1.807) is 0 Å². The van der Waals surface area contributed by atoms with Crippen molar-refractivity contribution in [2.75, 3.05) is 26.7 Å². The van der Waals surface area contributed by atoms with Gasteiger partial charge < -0.3 is 14.7 Å². The zero-order valence-corrected chi connectivity index (χ0v) is 12.7. The number of hydrogen-bond acceptors (Lipinski definition) is 3. The maximum atomic E-state index is 11.7. The molecule has 1 fully saturated rings. The lowest BCUT2D eigenvalue weighted by molar-refractivity contribution is -0.151. The average molecular weight is 271 g/mol. The predicted molar refractivity (Wildman–Crippen MR) is 76.4 cm³/mol. The van der Waals surface area contributed by atoms with Crippen molar-refractivity contribution < 1.29 is 14.6 Å². The molecule has 1 N–H and O–H groups in total. The lowest BCUT2D eigenvalue weighted by atomic mass is 9.80. The van der Waals surface area contributed by atoms with E-state index in [9.17, 15) is 9.90 Å². The third kappa shape index (κ3) is 5.49. The van der Waals surface area contributed by atoms with Crippen molar-refractivity contribution in [2.24, 2.45) is 5.41 Å². The van der Waals surface area contributed by atoms with Gasteiger partial charge in [0, 0.05) is 13.1 Å². The van der Waals surface area contributed by atoms with Gasteiger partial charge in [-0.2, -0.15) is 0 Å². The van der Waals surface area contributed by atoms with E-state index in [0.29, 0.717) is 13.2 Å². The van der Waals surface area contributed by atoms with Crippen molar-refractivity contribution in [3.8, 4) is 0 Å². The minimum atomic E-state index is -0.619. The number of nitrogens with zero attached hydrogens (tertiary/aromatic N) is 1. The van der Waals surface area contributed by atoms with Crippen molar-refractivity contribution in [3.05, 3.63) is 0 Å². The Balaban J connectivity index is 2.50. The predicted octanol–water partition coefficient (Wildman–Crippen LogP) is 2.77. The van der Waals surface area contributed by atoms with Gasteiger partial charge in [-0.15, -0.1) is 0 Å². The molecule has 112 valence electrons. The number of carbonyl (C=O) groups is 1. The maximum absolute atomic E-state index is 11.7. The zero-order valence-electron chi connectivity index (χ0n) is 12.7. The SMILES string of the molecule is CC(C)OCCN(C)CC1(C(=O)O)CCCCCC1. The Morgan fingerprint density at radius 3 is 2.32 bits per heavy atom. The fourth-order valence-electron chi connectivity index (χ4n) is 2.88. The van der Waals surface area contributed by atoms with Crippen molar-refractivity contribution >= 4 is 5.97 Å². The first-order valence-corrected chi connectivity index (χ1v) is 7.50. The molecule has 0 aromatic rings. The van der Waals surface area contributed by atoms with Crippen molar-refractivity contribution in [2.45, 2.75) is 58.5 Å². The van der Waals surface area contributed by atoms with E-state index in [1.165, 1.54) is 12.8 Å². The van der Waals surface area contributed by atoms with Crippen molar-refractivity contribution in [3.63, 3.8) is 0 Å². The van der Waals surface area contributed by atoms with E-state index >= 15 is 0 Å². The fourth-order valence-corrected chi connectivity index (χ4v) is 2.88. The average Bonchev–Trinajstić information content (AvgIpc) is 2.55. The van der Waals surface area contributed by atoms with Crippen LogP contribution in [0.4, 0.5) is 0 Å². The van der Waals surface area contributed by atoms with Gasteiger partial charge in [0.05, 0.1) is 18.1 Å². The Bertz CT molecular complexity index is 271. The highest BCUT2D eigenvalue weighted by Crippen LogP contribution is 2.36. The molecule has 0 heterocycles. The number of carboxylic acids is 1. The smallest absolute Gasteiger partial charge is 0.310 e. The van der Waals surface area contributed by atoms with Gasteiger partial charge in [-0.3, -0.25) is 4.79 Å². The molecule has 1 rings (SSSR count). The number of rotatable bonds is 7. The van der Waals surface area contributed by atoms with Crippen LogP contribution in [0.3, 0.4) is 0 Å². The van der Waals surface area contributed by atoms with Crippen LogP contribution in [0, 0.1) is 5.41 Å². The summed E-state index contributed by atoms with van der Waals surface area (Å²) in [6, 6.07) is 0. The van der Waals surface area contributed by atoms with Crippen LogP contribution >= 0.6 is 0 Å². The van der Waals surface area contributed by atoms with Gasteiger partial charge in [0.15, 0.2) is 0 Å².